The quantitative estimate of drug-likeness (QED) is 0.739. The lowest BCUT2D eigenvalue weighted by Crippen LogP contribution is -2.42. The van der Waals surface area contributed by atoms with Crippen LogP contribution in [-0.2, 0) is 5.41 Å². The van der Waals surface area contributed by atoms with Crippen molar-refractivity contribution < 1.29 is 4.79 Å². The minimum atomic E-state index is -0.0350. The molecule has 1 heterocycles. The van der Waals surface area contributed by atoms with Gasteiger partial charge in [0.05, 0.1) is 5.69 Å². The normalized spacial score (nSPS) is 15.9. The highest BCUT2D eigenvalue weighted by Gasteiger charge is 2.34. The van der Waals surface area contributed by atoms with Gasteiger partial charge in [0.15, 0.2) is 0 Å². The average Bonchev–Trinajstić information content (AvgIpc) is 3.28. The predicted octanol–water partition coefficient (Wildman–Crippen LogP) is 3.60. The second kappa shape index (κ2) is 7.92. The van der Waals surface area contributed by atoms with Crippen molar-refractivity contribution in [3.63, 3.8) is 0 Å². The summed E-state index contributed by atoms with van der Waals surface area (Å²) in [5, 5.41) is 14.5. The number of tetrazole rings is 1. The van der Waals surface area contributed by atoms with E-state index in [1.165, 1.54) is 24.8 Å². The first kappa shape index (κ1) is 18.3. The first-order chi connectivity index (χ1) is 13.7. The molecule has 0 radical (unpaired) electrons. The van der Waals surface area contributed by atoms with E-state index >= 15 is 0 Å². The van der Waals surface area contributed by atoms with Crippen molar-refractivity contribution in [2.24, 2.45) is 0 Å². The van der Waals surface area contributed by atoms with Crippen LogP contribution in [0.4, 0.5) is 0 Å². The van der Waals surface area contributed by atoms with Crippen molar-refractivity contribution in [1.82, 2.24) is 25.5 Å². The fourth-order valence-electron chi connectivity index (χ4n) is 4.26. The van der Waals surface area contributed by atoms with E-state index < -0.39 is 0 Å². The van der Waals surface area contributed by atoms with Gasteiger partial charge in [-0.3, -0.25) is 4.79 Å². The van der Waals surface area contributed by atoms with Crippen molar-refractivity contribution in [2.75, 3.05) is 6.54 Å². The van der Waals surface area contributed by atoms with Crippen molar-refractivity contribution in [1.29, 1.82) is 0 Å². The van der Waals surface area contributed by atoms with E-state index in [1.54, 1.807) is 11.0 Å². The summed E-state index contributed by atoms with van der Waals surface area (Å²) in [4.78, 5) is 12.9. The standard InChI is InChI=1S/C22H25N5O/c1-17-14-18(10-11-20(17)27-16-24-25-26-27)21(28)23-15-22(12-6-3-7-13-22)19-8-4-2-5-9-19/h2,4-5,8-11,14,16H,3,6-7,12-13,15H2,1H3,(H,23,28). The third kappa shape index (κ3) is 3.67. The van der Waals surface area contributed by atoms with Crippen LogP contribution in [0, 0.1) is 6.92 Å². The fraction of sp³-hybridized carbons (Fsp3) is 0.364. The van der Waals surface area contributed by atoms with E-state index in [0.717, 1.165) is 24.1 Å². The minimum Gasteiger partial charge on any atom is -0.351 e. The molecule has 3 aromatic rings. The number of rotatable bonds is 5. The SMILES string of the molecule is Cc1cc(C(=O)NCC2(c3ccccc3)CCCCC2)ccc1-n1cnnn1. The lowest BCUT2D eigenvalue weighted by atomic mass is 9.69. The number of hydrogen-bond donors (Lipinski definition) is 1. The Bertz CT molecular complexity index is 931. The summed E-state index contributed by atoms with van der Waals surface area (Å²) < 4.78 is 1.60. The van der Waals surface area contributed by atoms with Crippen LogP contribution in [0.15, 0.2) is 54.9 Å². The molecule has 0 bridgehead atoms. The third-order valence-corrected chi connectivity index (χ3v) is 5.84. The summed E-state index contributed by atoms with van der Waals surface area (Å²) in [5.74, 6) is -0.0350. The third-order valence-electron chi connectivity index (χ3n) is 5.84. The number of aryl methyl sites for hydroxylation is 1. The number of nitrogens with zero attached hydrogens (tertiary/aromatic N) is 4. The molecule has 0 unspecified atom stereocenters. The Balaban J connectivity index is 1.50. The molecule has 1 saturated carbocycles. The molecule has 0 spiro atoms. The highest BCUT2D eigenvalue weighted by molar-refractivity contribution is 5.94. The van der Waals surface area contributed by atoms with Crippen LogP contribution in [-0.4, -0.2) is 32.7 Å². The molecule has 0 atom stereocenters. The zero-order chi connectivity index (χ0) is 19.4. The first-order valence-corrected chi connectivity index (χ1v) is 9.86. The Morgan fingerprint density at radius 1 is 1.11 bits per heavy atom. The summed E-state index contributed by atoms with van der Waals surface area (Å²) in [6, 6.07) is 16.2. The molecular formula is C22H25N5O. The molecule has 2 aromatic carbocycles. The molecule has 28 heavy (non-hydrogen) atoms. The van der Waals surface area contributed by atoms with Gasteiger partial charge in [-0.15, -0.1) is 5.10 Å². The molecular weight excluding hydrogens is 350 g/mol. The molecule has 4 rings (SSSR count). The Labute approximate surface area is 165 Å². The smallest absolute Gasteiger partial charge is 0.251 e. The molecule has 0 aliphatic heterocycles. The van der Waals surface area contributed by atoms with Crippen LogP contribution in [0.5, 0.6) is 0 Å². The van der Waals surface area contributed by atoms with Crippen molar-refractivity contribution in [2.45, 2.75) is 44.4 Å². The van der Waals surface area contributed by atoms with Gasteiger partial charge in [-0.1, -0.05) is 49.6 Å². The van der Waals surface area contributed by atoms with Gasteiger partial charge in [0.2, 0.25) is 0 Å². The number of carbonyl (C=O) groups excluding carboxylic acids is 1. The predicted molar refractivity (Wildman–Crippen MR) is 107 cm³/mol. The topological polar surface area (TPSA) is 72.7 Å². The molecule has 6 heteroatoms. The van der Waals surface area contributed by atoms with Gasteiger partial charge < -0.3 is 5.32 Å². The maximum absolute atomic E-state index is 12.9. The summed E-state index contributed by atoms with van der Waals surface area (Å²) in [6.07, 6.45) is 7.49. The Kier molecular flexibility index (Phi) is 5.19. The molecule has 1 amide bonds. The highest BCUT2D eigenvalue weighted by Crippen LogP contribution is 2.39. The maximum Gasteiger partial charge on any atom is 0.251 e. The Hall–Kier alpha value is -3.02. The molecule has 1 aliphatic rings. The van der Waals surface area contributed by atoms with Crippen molar-refractivity contribution in [3.8, 4) is 5.69 Å². The van der Waals surface area contributed by atoms with E-state index in [1.807, 2.05) is 31.2 Å². The van der Waals surface area contributed by atoms with Crippen LogP contribution in [0.25, 0.3) is 5.69 Å². The number of nitrogens with one attached hydrogen (secondary N) is 1. The molecule has 6 nitrogen and oxygen atoms in total. The lowest BCUT2D eigenvalue weighted by Gasteiger charge is -2.38. The summed E-state index contributed by atoms with van der Waals surface area (Å²) >= 11 is 0. The van der Waals surface area contributed by atoms with Gasteiger partial charge in [0.1, 0.15) is 6.33 Å². The van der Waals surface area contributed by atoms with Crippen LogP contribution >= 0.6 is 0 Å². The van der Waals surface area contributed by atoms with E-state index in [4.69, 9.17) is 0 Å². The lowest BCUT2D eigenvalue weighted by molar-refractivity contribution is 0.0936. The van der Waals surface area contributed by atoms with Crippen LogP contribution in [0.3, 0.4) is 0 Å². The van der Waals surface area contributed by atoms with Crippen molar-refractivity contribution in [3.05, 3.63) is 71.5 Å². The molecule has 144 valence electrons. The van der Waals surface area contributed by atoms with Crippen LogP contribution in [0.1, 0.15) is 53.6 Å². The van der Waals surface area contributed by atoms with Crippen molar-refractivity contribution >= 4 is 5.91 Å². The number of amides is 1. The van der Waals surface area contributed by atoms with Gasteiger partial charge in [0, 0.05) is 17.5 Å². The molecule has 0 saturated heterocycles. The summed E-state index contributed by atoms with van der Waals surface area (Å²) in [5.41, 5.74) is 3.86. The molecule has 1 aromatic heterocycles. The van der Waals surface area contributed by atoms with E-state index in [0.29, 0.717) is 12.1 Å². The van der Waals surface area contributed by atoms with E-state index in [2.05, 4.69) is 45.1 Å². The van der Waals surface area contributed by atoms with Crippen LogP contribution in [0.2, 0.25) is 0 Å². The number of aromatic nitrogens is 4. The van der Waals surface area contributed by atoms with E-state index in [9.17, 15) is 4.79 Å². The van der Waals surface area contributed by atoms with Gasteiger partial charge in [-0.25, -0.2) is 4.68 Å². The summed E-state index contributed by atoms with van der Waals surface area (Å²) in [7, 11) is 0. The Morgan fingerprint density at radius 2 is 1.89 bits per heavy atom. The van der Waals surface area contributed by atoms with E-state index in [-0.39, 0.29) is 11.3 Å². The second-order valence-electron chi connectivity index (χ2n) is 7.65. The first-order valence-electron chi connectivity index (χ1n) is 9.86. The fourth-order valence-corrected chi connectivity index (χ4v) is 4.26. The molecule has 1 fully saturated rings. The highest BCUT2D eigenvalue weighted by atomic mass is 16.1. The summed E-state index contributed by atoms with van der Waals surface area (Å²) in [6.45, 7) is 2.63. The monoisotopic (exact) mass is 375 g/mol. The number of benzene rings is 2. The minimum absolute atomic E-state index is 0.0350. The van der Waals surface area contributed by atoms with Crippen LogP contribution < -0.4 is 5.32 Å². The molecule has 1 N–H and O–H groups in total. The van der Waals surface area contributed by atoms with Gasteiger partial charge in [-0.2, -0.15) is 0 Å². The maximum atomic E-state index is 12.9. The molecule has 1 aliphatic carbocycles. The zero-order valence-electron chi connectivity index (χ0n) is 16.1. The number of hydrogen-bond acceptors (Lipinski definition) is 4. The zero-order valence-corrected chi connectivity index (χ0v) is 16.1. The van der Waals surface area contributed by atoms with Gasteiger partial charge in [0.25, 0.3) is 5.91 Å². The van der Waals surface area contributed by atoms with Gasteiger partial charge >= 0.3 is 0 Å². The van der Waals surface area contributed by atoms with Gasteiger partial charge in [-0.05, 0) is 59.5 Å². The average molecular weight is 375 g/mol. The second-order valence-corrected chi connectivity index (χ2v) is 7.65. The largest absolute Gasteiger partial charge is 0.351 e. The number of carbonyl (C=O) groups is 1. The Morgan fingerprint density at radius 3 is 2.57 bits per heavy atom.